The monoisotopic (exact) mass is 341 g/mol. The highest BCUT2D eigenvalue weighted by Crippen LogP contribution is 2.16. The molecule has 0 aromatic heterocycles. The summed E-state index contributed by atoms with van der Waals surface area (Å²) in [5, 5.41) is 5.07. The molecule has 0 saturated heterocycles. The second kappa shape index (κ2) is 8.93. The van der Waals surface area contributed by atoms with Crippen molar-refractivity contribution in [1.29, 1.82) is 0 Å². The first-order valence-corrected chi connectivity index (χ1v) is 7.34. The van der Waals surface area contributed by atoms with E-state index < -0.39 is 11.9 Å². The minimum absolute atomic E-state index is 0.0472. The number of nitrogens with two attached hydrogens (primary N) is 1. The van der Waals surface area contributed by atoms with Gasteiger partial charge in [-0.1, -0.05) is 24.0 Å². The first-order valence-electron chi connectivity index (χ1n) is 7.34. The molecule has 0 aliphatic rings. The summed E-state index contributed by atoms with van der Waals surface area (Å²) in [4.78, 5) is 22.8. The molecule has 3 amide bonds. The molecule has 0 saturated carbocycles. The summed E-state index contributed by atoms with van der Waals surface area (Å²) in [6.45, 7) is 0.152. The van der Waals surface area contributed by atoms with Crippen LogP contribution < -0.4 is 21.1 Å². The largest absolute Gasteiger partial charge is 0.480 e. The first-order chi connectivity index (χ1) is 12.1. The van der Waals surface area contributed by atoms with Crippen molar-refractivity contribution in [3.63, 3.8) is 0 Å². The fourth-order valence-electron chi connectivity index (χ4n) is 1.86. The Labute approximate surface area is 144 Å². The topological polar surface area (TPSA) is 93.5 Å². The Bertz CT molecular complexity index is 810. The Hall–Kier alpha value is -3.53. The van der Waals surface area contributed by atoms with Crippen LogP contribution in [0, 0.1) is 17.7 Å². The summed E-state index contributed by atoms with van der Waals surface area (Å²) < 4.78 is 18.1. The zero-order chi connectivity index (χ0) is 18.1. The van der Waals surface area contributed by atoms with Gasteiger partial charge in [0, 0.05) is 5.69 Å². The molecule has 0 fully saturated rings. The zero-order valence-corrected chi connectivity index (χ0v) is 13.2. The van der Waals surface area contributed by atoms with Gasteiger partial charge in [-0.3, -0.25) is 4.79 Å². The van der Waals surface area contributed by atoms with E-state index in [9.17, 15) is 14.0 Å². The number of carbonyl (C=O) groups excluding carboxylic acids is 2. The zero-order valence-electron chi connectivity index (χ0n) is 13.2. The average molecular weight is 341 g/mol. The standard InChI is InChI=1S/C18H16FN3O3/c19-13-7-9-14(10-8-13)22-18(24)21-11-3-4-12-25-16-6-2-1-5-15(16)17(20)23/h1-2,5-10H,11-12H2,(H2,20,23)(H2,21,22,24). The van der Waals surface area contributed by atoms with Crippen LogP contribution in [0.5, 0.6) is 5.75 Å². The fourth-order valence-corrected chi connectivity index (χ4v) is 1.86. The number of nitrogens with one attached hydrogen (secondary N) is 2. The minimum Gasteiger partial charge on any atom is -0.480 e. The highest BCUT2D eigenvalue weighted by atomic mass is 19.1. The Morgan fingerprint density at radius 1 is 1.08 bits per heavy atom. The molecule has 2 aromatic rings. The van der Waals surface area contributed by atoms with E-state index in [4.69, 9.17) is 10.5 Å². The molecule has 25 heavy (non-hydrogen) atoms. The van der Waals surface area contributed by atoms with Gasteiger partial charge in [-0.25, -0.2) is 9.18 Å². The van der Waals surface area contributed by atoms with E-state index in [0.717, 1.165) is 0 Å². The van der Waals surface area contributed by atoms with E-state index in [2.05, 4.69) is 22.5 Å². The van der Waals surface area contributed by atoms with Crippen LogP contribution in [0.25, 0.3) is 0 Å². The quantitative estimate of drug-likeness (QED) is 0.727. The Kier molecular flexibility index (Phi) is 6.37. The molecule has 6 nitrogen and oxygen atoms in total. The molecular weight excluding hydrogens is 325 g/mol. The molecule has 7 heteroatoms. The summed E-state index contributed by atoms with van der Waals surface area (Å²) >= 11 is 0. The normalized spacial score (nSPS) is 9.48. The molecule has 0 aliphatic carbocycles. The second-order valence-electron chi connectivity index (χ2n) is 4.82. The van der Waals surface area contributed by atoms with Gasteiger partial charge >= 0.3 is 6.03 Å². The SMILES string of the molecule is NC(=O)c1ccccc1OCC#CCNC(=O)Nc1ccc(F)cc1. The maximum Gasteiger partial charge on any atom is 0.319 e. The van der Waals surface area contributed by atoms with Crippen LogP contribution in [0.3, 0.4) is 0 Å². The molecule has 2 aromatic carbocycles. The molecular formula is C18H16FN3O3. The number of carbonyl (C=O) groups is 2. The van der Waals surface area contributed by atoms with Crippen molar-refractivity contribution in [2.75, 3.05) is 18.5 Å². The van der Waals surface area contributed by atoms with Crippen molar-refractivity contribution in [2.45, 2.75) is 0 Å². The predicted molar refractivity (Wildman–Crippen MR) is 91.7 cm³/mol. The lowest BCUT2D eigenvalue weighted by atomic mass is 10.2. The molecule has 4 N–H and O–H groups in total. The van der Waals surface area contributed by atoms with E-state index in [0.29, 0.717) is 11.4 Å². The van der Waals surface area contributed by atoms with Crippen LogP contribution in [0.1, 0.15) is 10.4 Å². The van der Waals surface area contributed by atoms with Crippen molar-refractivity contribution in [1.82, 2.24) is 5.32 Å². The molecule has 0 radical (unpaired) electrons. The van der Waals surface area contributed by atoms with Crippen molar-refractivity contribution >= 4 is 17.6 Å². The van der Waals surface area contributed by atoms with Gasteiger partial charge in [-0.05, 0) is 36.4 Å². The van der Waals surface area contributed by atoms with Gasteiger partial charge in [0.2, 0.25) is 0 Å². The number of rotatable bonds is 5. The number of para-hydroxylation sites is 1. The number of anilines is 1. The first kappa shape index (κ1) is 17.8. The number of urea groups is 1. The summed E-state index contributed by atoms with van der Waals surface area (Å²) in [6, 6.07) is 11.5. The van der Waals surface area contributed by atoms with Crippen LogP contribution >= 0.6 is 0 Å². The molecule has 0 bridgehead atoms. The summed E-state index contributed by atoms with van der Waals surface area (Å²) in [5.74, 6) is 4.81. The number of halogens is 1. The molecule has 0 spiro atoms. The van der Waals surface area contributed by atoms with E-state index >= 15 is 0 Å². The number of ether oxygens (including phenoxy) is 1. The van der Waals surface area contributed by atoms with Gasteiger partial charge < -0.3 is 21.1 Å². The van der Waals surface area contributed by atoms with Gasteiger partial charge in [0.05, 0.1) is 12.1 Å². The number of hydrogen-bond donors (Lipinski definition) is 3. The van der Waals surface area contributed by atoms with Crippen LogP contribution in [-0.4, -0.2) is 25.1 Å². The lowest BCUT2D eigenvalue weighted by molar-refractivity contribution is 0.0997. The third-order valence-corrected chi connectivity index (χ3v) is 3.02. The smallest absolute Gasteiger partial charge is 0.319 e. The van der Waals surface area contributed by atoms with Gasteiger partial charge in [-0.2, -0.15) is 0 Å². The number of hydrogen-bond acceptors (Lipinski definition) is 3. The Morgan fingerprint density at radius 2 is 1.80 bits per heavy atom. The van der Waals surface area contributed by atoms with Crippen LogP contribution in [-0.2, 0) is 0 Å². The van der Waals surface area contributed by atoms with E-state index in [1.807, 2.05) is 0 Å². The lowest BCUT2D eigenvalue weighted by Crippen LogP contribution is -2.28. The van der Waals surface area contributed by atoms with Gasteiger partial charge in [0.1, 0.15) is 18.2 Å². The molecule has 0 unspecified atom stereocenters. The average Bonchev–Trinajstić information content (AvgIpc) is 2.60. The number of benzene rings is 2. The molecule has 0 atom stereocenters. The highest BCUT2D eigenvalue weighted by Gasteiger charge is 2.07. The Balaban J connectivity index is 1.73. The molecule has 0 heterocycles. The van der Waals surface area contributed by atoms with E-state index in [-0.39, 0.29) is 24.5 Å². The third kappa shape index (κ3) is 5.88. The second-order valence-corrected chi connectivity index (χ2v) is 4.82. The van der Waals surface area contributed by atoms with Crippen molar-refractivity contribution < 1.29 is 18.7 Å². The molecule has 0 aliphatic heterocycles. The van der Waals surface area contributed by atoms with Gasteiger partial charge in [0.15, 0.2) is 0 Å². The lowest BCUT2D eigenvalue weighted by Gasteiger charge is -2.06. The van der Waals surface area contributed by atoms with Crippen LogP contribution in [0.2, 0.25) is 0 Å². The number of amides is 3. The summed E-state index contributed by atoms with van der Waals surface area (Å²) in [6.07, 6.45) is 0. The van der Waals surface area contributed by atoms with Crippen molar-refractivity contribution in [3.05, 3.63) is 59.9 Å². The molecule has 2 rings (SSSR count). The number of primary amides is 1. The van der Waals surface area contributed by atoms with Crippen molar-refractivity contribution in [2.24, 2.45) is 5.73 Å². The predicted octanol–water partition coefficient (Wildman–Crippen LogP) is 2.13. The van der Waals surface area contributed by atoms with E-state index in [1.54, 1.807) is 24.3 Å². The highest BCUT2D eigenvalue weighted by molar-refractivity contribution is 5.95. The fraction of sp³-hybridized carbons (Fsp3) is 0.111. The summed E-state index contributed by atoms with van der Waals surface area (Å²) in [5.41, 5.74) is 5.99. The van der Waals surface area contributed by atoms with Crippen LogP contribution in [0.4, 0.5) is 14.9 Å². The molecule has 128 valence electrons. The summed E-state index contributed by atoms with van der Waals surface area (Å²) in [7, 11) is 0. The van der Waals surface area contributed by atoms with E-state index in [1.165, 1.54) is 24.3 Å². The van der Waals surface area contributed by atoms with Crippen LogP contribution in [0.15, 0.2) is 48.5 Å². The Morgan fingerprint density at radius 3 is 2.52 bits per heavy atom. The van der Waals surface area contributed by atoms with Gasteiger partial charge in [-0.15, -0.1) is 0 Å². The maximum atomic E-state index is 12.8. The minimum atomic E-state index is -0.581. The van der Waals surface area contributed by atoms with Gasteiger partial charge in [0.25, 0.3) is 5.91 Å². The third-order valence-electron chi connectivity index (χ3n) is 3.02. The van der Waals surface area contributed by atoms with Crippen molar-refractivity contribution in [3.8, 4) is 17.6 Å². The maximum absolute atomic E-state index is 12.8.